The van der Waals surface area contributed by atoms with Crippen LogP contribution in [-0.2, 0) is 6.54 Å². The SMILES string of the molecule is Cc1ccc(NCc2cc(Br)c(O)c(Br)c2)c(C)n1. The van der Waals surface area contributed by atoms with Gasteiger partial charge in [-0.25, -0.2) is 0 Å². The van der Waals surface area contributed by atoms with Crippen LogP contribution in [0, 0.1) is 13.8 Å². The van der Waals surface area contributed by atoms with Crippen LogP contribution >= 0.6 is 31.9 Å². The molecule has 0 aliphatic heterocycles. The Labute approximate surface area is 129 Å². The van der Waals surface area contributed by atoms with Crippen LogP contribution in [0.15, 0.2) is 33.2 Å². The standard InChI is InChI=1S/C14H14Br2N2O/c1-8-3-4-13(9(2)18-8)17-7-10-5-11(15)14(19)12(16)6-10/h3-6,17,19H,7H2,1-2H3. The van der Waals surface area contributed by atoms with Gasteiger partial charge in [0, 0.05) is 12.2 Å². The number of aromatic hydroxyl groups is 1. The van der Waals surface area contributed by atoms with Gasteiger partial charge in [-0.15, -0.1) is 0 Å². The molecule has 0 amide bonds. The van der Waals surface area contributed by atoms with Crippen LogP contribution in [0.2, 0.25) is 0 Å². The van der Waals surface area contributed by atoms with E-state index in [1.54, 1.807) is 0 Å². The minimum atomic E-state index is 0.219. The van der Waals surface area contributed by atoms with E-state index in [-0.39, 0.29) is 5.75 Å². The molecule has 0 unspecified atom stereocenters. The van der Waals surface area contributed by atoms with Gasteiger partial charge in [0.25, 0.3) is 0 Å². The van der Waals surface area contributed by atoms with Crippen LogP contribution in [0.25, 0.3) is 0 Å². The zero-order valence-corrected chi connectivity index (χ0v) is 13.8. The molecule has 2 rings (SSSR count). The largest absolute Gasteiger partial charge is 0.506 e. The fraction of sp³-hybridized carbons (Fsp3) is 0.214. The third-order valence-electron chi connectivity index (χ3n) is 2.78. The molecule has 2 aromatic rings. The first-order valence-electron chi connectivity index (χ1n) is 5.82. The first-order chi connectivity index (χ1) is 8.97. The second-order valence-electron chi connectivity index (χ2n) is 4.35. The maximum Gasteiger partial charge on any atom is 0.143 e. The van der Waals surface area contributed by atoms with Gasteiger partial charge in [-0.05, 0) is 75.5 Å². The number of rotatable bonds is 3. The summed E-state index contributed by atoms with van der Waals surface area (Å²) in [7, 11) is 0. The number of benzene rings is 1. The molecule has 0 radical (unpaired) electrons. The maximum absolute atomic E-state index is 9.67. The molecule has 5 heteroatoms. The number of aromatic nitrogens is 1. The minimum absolute atomic E-state index is 0.219. The third kappa shape index (κ3) is 3.48. The summed E-state index contributed by atoms with van der Waals surface area (Å²) in [5.41, 5.74) is 4.08. The van der Waals surface area contributed by atoms with Crippen LogP contribution in [0.1, 0.15) is 17.0 Å². The van der Waals surface area contributed by atoms with E-state index in [0.717, 1.165) is 22.6 Å². The molecular formula is C14H14Br2N2O. The summed E-state index contributed by atoms with van der Waals surface area (Å²) in [6.45, 7) is 4.63. The molecule has 0 fully saturated rings. The van der Waals surface area contributed by atoms with Gasteiger partial charge in [0.15, 0.2) is 0 Å². The molecule has 0 saturated carbocycles. The second kappa shape index (κ2) is 5.92. The van der Waals surface area contributed by atoms with E-state index in [0.29, 0.717) is 15.5 Å². The quantitative estimate of drug-likeness (QED) is 0.815. The lowest BCUT2D eigenvalue weighted by Crippen LogP contribution is -2.02. The smallest absolute Gasteiger partial charge is 0.143 e. The van der Waals surface area contributed by atoms with Crippen LogP contribution in [0.4, 0.5) is 5.69 Å². The van der Waals surface area contributed by atoms with Gasteiger partial charge >= 0.3 is 0 Å². The fourth-order valence-electron chi connectivity index (χ4n) is 1.79. The van der Waals surface area contributed by atoms with Crippen LogP contribution < -0.4 is 5.32 Å². The average molecular weight is 386 g/mol. The molecule has 100 valence electrons. The highest BCUT2D eigenvalue weighted by molar-refractivity contribution is 9.11. The number of aryl methyl sites for hydroxylation is 2. The number of hydrogen-bond donors (Lipinski definition) is 2. The summed E-state index contributed by atoms with van der Waals surface area (Å²) in [5.74, 6) is 0.219. The number of halogens is 2. The molecule has 1 aromatic carbocycles. The Bertz CT molecular complexity index is 591. The Balaban J connectivity index is 2.14. The number of phenolic OH excluding ortho intramolecular Hbond substituents is 1. The molecule has 0 bridgehead atoms. The Morgan fingerprint density at radius 1 is 1.16 bits per heavy atom. The Morgan fingerprint density at radius 2 is 1.79 bits per heavy atom. The Hall–Kier alpha value is -1.07. The lowest BCUT2D eigenvalue weighted by molar-refractivity contribution is 0.468. The van der Waals surface area contributed by atoms with Gasteiger partial charge in [0.1, 0.15) is 5.75 Å². The van der Waals surface area contributed by atoms with Gasteiger partial charge < -0.3 is 10.4 Å². The molecule has 19 heavy (non-hydrogen) atoms. The topological polar surface area (TPSA) is 45.1 Å². The summed E-state index contributed by atoms with van der Waals surface area (Å²) in [4.78, 5) is 4.41. The third-order valence-corrected chi connectivity index (χ3v) is 3.99. The average Bonchev–Trinajstić information content (AvgIpc) is 2.34. The predicted octanol–water partition coefficient (Wildman–Crippen LogP) is 4.54. The van der Waals surface area contributed by atoms with E-state index in [1.807, 2.05) is 38.1 Å². The van der Waals surface area contributed by atoms with E-state index in [2.05, 4.69) is 42.2 Å². The first kappa shape index (κ1) is 14.3. The predicted molar refractivity (Wildman–Crippen MR) is 84.5 cm³/mol. The summed E-state index contributed by atoms with van der Waals surface area (Å²) >= 11 is 6.65. The number of anilines is 1. The van der Waals surface area contributed by atoms with Crippen molar-refractivity contribution < 1.29 is 5.11 Å². The van der Waals surface area contributed by atoms with E-state index in [1.165, 1.54) is 0 Å². The maximum atomic E-state index is 9.67. The highest BCUT2D eigenvalue weighted by atomic mass is 79.9. The summed E-state index contributed by atoms with van der Waals surface area (Å²) in [6, 6.07) is 7.80. The zero-order chi connectivity index (χ0) is 14.0. The van der Waals surface area contributed by atoms with E-state index < -0.39 is 0 Å². The van der Waals surface area contributed by atoms with E-state index in [9.17, 15) is 5.11 Å². The van der Waals surface area contributed by atoms with Crippen molar-refractivity contribution in [3.8, 4) is 5.75 Å². The zero-order valence-electron chi connectivity index (χ0n) is 10.7. The molecule has 0 aliphatic rings. The van der Waals surface area contributed by atoms with Gasteiger partial charge in [-0.1, -0.05) is 0 Å². The molecule has 0 atom stereocenters. The number of pyridine rings is 1. The minimum Gasteiger partial charge on any atom is -0.506 e. The second-order valence-corrected chi connectivity index (χ2v) is 6.06. The fourth-order valence-corrected chi connectivity index (χ4v) is 3.07. The first-order valence-corrected chi connectivity index (χ1v) is 7.41. The molecule has 0 aliphatic carbocycles. The van der Waals surface area contributed by atoms with Crippen LogP contribution in [0.3, 0.4) is 0 Å². The van der Waals surface area contributed by atoms with E-state index in [4.69, 9.17) is 0 Å². The molecule has 1 heterocycles. The lowest BCUT2D eigenvalue weighted by atomic mass is 10.2. The highest BCUT2D eigenvalue weighted by Crippen LogP contribution is 2.33. The number of nitrogens with one attached hydrogen (secondary N) is 1. The molecule has 1 aromatic heterocycles. The molecule has 0 spiro atoms. The molecule has 3 nitrogen and oxygen atoms in total. The Morgan fingerprint density at radius 3 is 2.37 bits per heavy atom. The van der Waals surface area contributed by atoms with Crippen molar-refractivity contribution in [2.24, 2.45) is 0 Å². The van der Waals surface area contributed by atoms with Gasteiger partial charge in [0.05, 0.1) is 20.3 Å². The van der Waals surface area contributed by atoms with Gasteiger partial charge in [0.2, 0.25) is 0 Å². The molecule has 2 N–H and O–H groups in total. The van der Waals surface area contributed by atoms with Crippen molar-refractivity contribution in [1.29, 1.82) is 0 Å². The van der Waals surface area contributed by atoms with Gasteiger partial charge in [-0.3, -0.25) is 4.98 Å². The van der Waals surface area contributed by atoms with Crippen molar-refractivity contribution >= 4 is 37.5 Å². The molecular weight excluding hydrogens is 372 g/mol. The monoisotopic (exact) mass is 384 g/mol. The number of hydrogen-bond acceptors (Lipinski definition) is 3. The van der Waals surface area contributed by atoms with Crippen LogP contribution in [-0.4, -0.2) is 10.1 Å². The highest BCUT2D eigenvalue weighted by Gasteiger charge is 2.06. The normalized spacial score (nSPS) is 10.5. The number of nitrogens with zero attached hydrogens (tertiary/aromatic N) is 1. The summed E-state index contributed by atoms with van der Waals surface area (Å²) in [5, 5.41) is 13.0. The van der Waals surface area contributed by atoms with Crippen molar-refractivity contribution in [2.75, 3.05) is 5.32 Å². The molecule has 0 saturated heterocycles. The van der Waals surface area contributed by atoms with Crippen molar-refractivity contribution in [3.05, 3.63) is 50.2 Å². The van der Waals surface area contributed by atoms with Crippen molar-refractivity contribution in [1.82, 2.24) is 4.98 Å². The lowest BCUT2D eigenvalue weighted by Gasteiger charge is -2.11. The van der Waals surface area contributed by atoms with Crippen LogP contribution in [0.5, 0.6) is 5.75 Å². The number of phenols is 1. The summed E-state index contributed by atoms with van der Waals surface area (Å²) in [6.07, 6.45) is 0. The van der Waals surface area contributed by atoms with Crippen molar-refractivity contribution in [2.45, 2.75) is 20.4 Å². The van der Waals surface area contributed by atoms with Gasteiger partial charge in [-0.2, -0.15) is 0 Å². The van der Waals surface area contributed by atoms with E-state index >= 15 is 0 Å². The summed E-state index contributed by atoms with van der Waals surface area (Å²) < 4.78 is 1.36. The van der Waals surface area contributed by atoms with Crippen molar-refractivity contribution in [3.63, 3.8) is 0 Å². The Kier molecular flexibility index (Phi) is 4.47.